The number of hydrogen-bond donors (Lipinski definition) is 1. The van der Waals surface area contributed by atoms with Crippen LogP contribution in [0.2, 0.25) is 10.3 Å². The Labute approximate surface area is 103 Å². The Morgan fingerprint density at radius 3 is 3.00 bits per heavy atom. The predicted molar refractivity (Wildman–Crippen MR) is 61.9 cm³/mol. The van der Waals surface area contributed by atoms with Crippen LogP contribution in [0.3, 0.4) is 0 Å². The zero-order valence-electron chi connectivity index (χ0n) is 8.57. The van der Waals surface area contributed by atoms with E-state index in [1.165, 1.54) is 0 Å². The highest BCUT2D eigenvalue weighted by Crippen LogP contribution is 2.27. The summed E-state index contributed by atoms with van der Waals surface area (Å²) in [6.45, 7) is 3.06. The second-order valence-electron chi connectivity index (χ2n) is 3.50. The lowest BCUT2D eigenvalue weighted by molar-refractivity contribution is -0.122. The van der Waals surface area contributed by atoms with Gasteiger partial charge >= 0.3 is 0 Å². The molecule has 1 aliphatic rings. The van der Waals surface area contributed by atoms with E-state index in [1.54, 1.807) is 13.0 Å². The highest BCUT2D eigenvalue weighted by molar-refractivity contribution is 6.33. The van der Waals surface area contributed by atoms with Gasteiger partial charge in [0, 0.05) is 19.2 Å². The van der Waals surface area contributed by atoms with Crippen LogP contribution in [0, 0.1) is 0 Å². The Morgan fingerprint density at radius 1 is 1.50 bits per heavy atom. The molecule has 1 N–H and O–H groups in total. The number of rotatable bonds is 1. The van der Waals surface area contributed by atoms with Gasteiger partial charge in [-0.3, -0.25) is 4.79 Å². The highest BCUT2D eigenvalue weighted by Gasteiger charge is 2.27. The summed E-state index contributed by atoms with van der Waals surface area (Å²) in [7, 11) is 0. The number of amides is 1. The van der Waals surface area contributed by atoms with Crippen molar-refractivity contribution in [2.45, 2.75) is 13.0 Å². The lowest BCUT2D eigenvalue weighted by atomic mass is 10.2. The van der Waals surface area contributed by atoms with Crippen LogP contribution in [0.15, 0.2) is 6.07 Å². The molecule has 86 valence electrons. The molecule has 1 amide bonds. The van der Waals surface area contributed by atoms with Crippen molar-refractivity contribution < 1.29 is 4.79 Å². The van der Waals surface area contributed by atoms with Crippen molar-refractivity contribution in [1.82, 2.24) is 15.5 Å². The van der Waals surface area contributed by atoms with Gasteiger partial charge in [-0.15, -0.1) is 10.2 Å². The van der Waals surface area contributed by atoms with Crippen LogP contribution in [-0.2, 0) is 4.79 Å². The lowest BCUT2D eigenvalue weighted by Gasteiger charge is -2.34. The van der Waals surface area contributed by atoms with Gasteiger partial charge in [-0.25, -0.2) is 0 Å². The van der Waals surface area contributed by atoms with E-state index < -0.39 is 0 Å². The van der Waals surface area contributed by atoms with E-state index in [0.717, 1.165) is 0 Å². The average molecular weight is 261 g/mol. The fourth-order valence-electron chi connectivity index (χ4n) is 1.66. The van der Waals surface area contributed by atoms with Crippen LogP contribution in [0.1, 0.15) is 6.92 Å². The Bertz CT molecular complexity index is 426. The van der Waals surface area contributed by atoms with Gasteiger partial charge in [-0.05, 0) is 6.92 Å². The first-order chi connectivity index (χ1) is 7.59. The molecule has 0 bridgehead atoms. The number of carbonyl (C=O) groups is 1. The minimum Gasteiger partial charge on any atom is -0.355 e. The molecule has 0 radical (unpaired) electrons. The zero-order chi connectivity index (χ0) is 11.7. The molecule has 0 spiro atoms. The van der Waals surface area contributed by atoms with E-state index in [-0.39, 0.29) is 22.3 Å². The van der Waals surface area contributed by atoms with Crippen LogP contribution < -0.4 is 10.2 Å². The molecule has 1 fully saturated rings. The van der Waals surface area contributed by atoms with Crippen LogP contribution in [-0.4, -0.2) is 35.2 Å². The van der Waals surface area contributed by atoms with Crippen molar-refractivity contribution in [3.63, 3.8) is 0 Å². The summed E-state index contributed by atoms with van der Waals surface area (Å²) in [6.07, 6.45) is 0. The number of hydrogen-bond acceptors (Lipinski definition) is 4. The Balaban J connectivity index is 2.35. The molecule has 0 aliphatic carbocycles. The van der Waals surface area contributed by atoms with E-state index in [2.05, 4.69) is 15.5 Å². The molecular weight excluding hydrogens is 251 g/mol. The second kappa shape index (κ2) is 4.43. The van der Waals surface area contributed by atoms with E-state index >= 15 is 0 Å². The van der Waals surface area contributed by atoms with Gasteiger partial charge in [0.2, 0.25) is 5.91 Å². The quantitative estimate of drug-likeness (QED) is 0.822. The fraction of sp³-hybridized carbons (Fsp3) is 0.444. The molecule has 2 heterocycles. The van der Waals surface area contributed by atoms with E-state index in [1.807, 2.05) is 4.90 Å². The van der Waals surface area contributed by atoms with E-state index in [0.29, 0.717) is 18.8 Å². The molecule has 1 aliphatic heterocycles. The summed E-state index contributed by atoms with van der Waals surface area (Å²) in [5.74, 6) is -0.0322. The molecule has 1 aromatic heterocycles. The molecular formula is C9H10Cl2N4O. The van der Waals surface area contributed by atoms with Crippen LogP contribution in [0.5, 0.6) is 0 Å². The van der Waals surface area contributed by atoms with Crippen molar-refractivity contribution >= 4 is 34.8 Å². The largest absolute Gasteiger partial charge is 0.355 e. The Kier molecular flexibility index (Phi) is 3.16. The SMILES string of the molecule is CC1C(=O)NCCN1c1cc(Cl)nnc1Cl. The monoisotopic (exact) mass is 260 g/mol. The minimum atomic E-state index is -0.286. The number of carbonyl (C=O) groups excluding carboxylic acids is 1. The highest BCUT2D eigenvalue weighted by atomic mass is 35.5. The van der Waals surface area contributed by atoms with Gasteiger partial charge in [-0.2, -0.15) is 0 Å². The number of nitrogens with zero attached hydrogens (tertiary/aromatic N) is 3. The summed E-state index contributed by atoms with van der Waals surface area (Å²) in [5.41, 5.74) is 0.643. The smallest absolute Gasteiger partial charge is 0.242 e. The first kappa shape index (κ1) is 11.4. The van der Waals surface area contributed by atoms with Crippen molar-refractivity contribution in [3.05, 3.63) is 16.4 Å². The molecule has 1 aromatic rings. The topological polar surface area (TPSA) is 58.1 Å². The van der Waals surface area contributed by atoms with Gasteiger partial charge in [0.05, 0.1) is 5.69 Å². The van der Waals surface area contributed by atoms with Crippen LogP contribution >= 0.6 is 23.2 Å². The van der Waals surface area contributed by atoms with Crippen molar-refractivity contribution in [3.8, 4) is 0 Å². The maximum Gasteiger partial charge on any atom is 0.242 e. The molecule has 1 unspecified atom stereocenters. The molecule has 0 aromatic carbocycles. The first-order valence-corrected chi connectivity index (χ1v) is 5.58. The average Bonchev–Trinajstić information content (AvgIpc) is 2.26. The number of anilines is 1. The molecule has 7 heteroatoms. The van der Waals surface area contributed by atoms with Crippen molar-refractivity contribution in [1.29, 1.82) is 0 Å². The molecule has 0 saturated carbocycles. The van der Waals surface area contributed by atoms with Crippen molar-refractivity contribution in [2.75, 3.05) is 18.0 Å². The molecule has 1 atom stereocenters. The molecule has 2 rings (SSSR count). The molecule has 5 nitrogen and oxygen atoms in total. The summed E-state index contributed by atoms with van der Waals surface area (Å²) < 4.78 is 0. The predicted octanol–water partition coefficient (Wildman–Crippen LogP) is 1.11. The third-order valence-corrected chi connectivity index (χ3v) is 2.96. The number of piperazine rings is 1. The summed E-state index contributed by atoms with van der Waals surface area (Å²) in [4.78, 5) is 13.4. The van der Waals surface area contributed by atoms with Crippen molar-refractivity contribution in [2.24, 2.45) is 0 Å². The zero-order valence-corrected chi connectivity index (χ0v) is 10.1. The Hall–Kier alpha value is -1.07. The third-order valence-electron chi connectivity index (χ3n) is 2.51. The van der Waals surface area contributed by atoms with Gasteiger partial charge in [0.15, 0.2) is 10.3 Å². The van der Waals surface area contributed by atoms with Gasteiger partial charge in [0.25, 0.3) is 0 Å². The van der Waals surface area contributed by atoms with Gasteiger partial charge in [0.1, 0.15) is 6.04 Å². The van der Waals surface area contributed by atoms with Crippen LogP contribution in [0.25, 0.3) is 0 Å². The van der Waals surface area contributed by atoms with Crippen LogP contribution in [0.4, 0.5) is 5.69 Å². The van der Waals surface area contributed by atoms with E-state index in [4.69, 9.17) is 23.2 Å². The maximum absolute atomic E-state index is 11.5. The summed E-state index contributed by atoms with van der Waals surface area (Å²) in [5, 5.41) is 10.6. The molecule has 1 saturated heterocycles. The Morgan fingerprint density at radius 2 is 2.25 bits per heavy atom. The molecule has 16 heavy (non-hydrogen) atoms. The summed E-state index contributed by atoms with van der Waals surface area (Å²) in [6, 6.07) is 1.33. The number of aromatic nitrogens is 2. The van der Waals surface area contributed by atoms with Gasteiger partial charge < -0.3 is 10.2 Å². The normalized spacial score (nSPS) is 20.8. The van der Waals surface area contributed by atoms with Gasteiger partial charge in [-0.1, -0.05) is 23.2 Å². The maximum atomic E-state index is 11.5. The number of nitrogens with one attached hydrogen (secondary N) is 1. The third kappa shape index (κ3) is 2.05. The lowest BCUT2D eigenvalue weighted by Crippen LogP contribution is -2.54. The first-order valence-electron chi connectivity index (χ1n) is 4.82. The number of halogens is 2. The second-order valence-corrected chi connectivity index (χ2v) is 4.25. The summed E-state index contributed by atoms with van der Waals surface area (Å²) >= 11 is 11.7. The minimum absolute atomic E-state index is 0.0322. The fourth-order valence-corrected chi connectivity index (χ4v) is 2.00. The van der Waals surface area contributed by atoms with E-state index in [9.17, 15) is 4.79 Å². The standard InChI is InChI=1S/C9H10Cl2N4O/c1-5-9(16)12-2-3-15(5)6-4-7(10)13-14-8(6)11/h4-5H,2-3H2,1H3,(H,12,16).